The van der Waals surface area contributed by atoms with Crippen molar-refractivity contribution < 1.29 is 36.9 Å². The number of rotatable bonds is 6. The van der Waals surface area contributed by atoms with E-state index in [1.807, 2.05) is 29.2 Å². The van der Waals surface area contributed by atoms with Gasteiger partial charge in [0.05, 0.1) is 37.9 Å². The normalized spacial score (nSPS) is 17.2. The second-order valence-corrected chi connectivity index (χ2v) is 9.63. The van der Waals surface area contributed by atoms with Gasteiger partial charge in [0, 0.05) is 43.5 Å². The van der Waals surface area contributed by atoms with Crippen LogP contribution in [0.5, 0.6) is 11.5 Å². The minimum atomic E-state index is -4.66. The van der Waals surface area contributed by atoms with Crippen LogP contribution in [-0.2, 0) is 11.0 Å². The molecule has 2 aliphatic rings. The molecule has 0 spiro atoms. The maximum absolute atomic E-state index is 15.1. The fraction of sp³-hybridized carbons (Fsp3) is 0.310. The van der Waals surface area contributed by atoms with Crippen LogP contribution in [0, 0.1) is 5.82 Å². The lowest BCUT2D eigenvalue weighted by atomic mass is 9.96. The molecule has 5 rings (SSSR count). The maximum Gasteiger partial charge on any atom is 0.416 e. The number of halogens is 4. The molecule has 0 saturated carbocycles. The summed E-state index contributed by atoms with van der Waals surface area (Å²) in [6.45, 7) is 1.82. The summed E-state index contributed by atoms with van der Waals surface area (Å²) in [7, 11) is 2.90. The average molecular weight is 573 g/mol. The highest BCUT2D eigenvalue weighted by atomic mass is 19.4. The van der Waals surface area contributed by atoms with E-state index in [0.717, 1.165) is 17.8 Å². The number of anilines is 2. The Hall–Kier alpha value is -4.48. The van der Waals surface area contributed by atoms with Gasteiger partial charge >= 0.3 is 12.1 Å². The molecule has 1 N–H and O–H groups in total. The largest absolute Gasteiger partial charge is 0.497 e. The van der Waals surface area contributed by atoms with Crippen molar-refractivity contribution in [2.75, 3.05) is 50.2 Å². The minimum absolute atomic E-state index is 0.0162. The summed E-state index contributed by atoms with van der Waals surface area (Å²) in [5.74, 6) is -0.910. The summed E-state index contributed by atoms with van der Waals surface area (Å²) in [5.41, 5.74) is 0.204. The first kappa shape index (κ1) is 28.1. The molecule has 1 fully saturated rings. The van der Waals surface area contributed by atoms with Gasteiger partial charge in [-0.15, -0.1) is 0 Å². The van der Waals surface area contributed by atoms with Crippen molar-refractivity contribution in [1.29, 1.82) is 0 Å². The van der Waals surface area contributed by atoms with Gasteiger partial charge in [0.1, 0.15) is 23.0 Å². The number of carbonyl (C=O) groups is 1. The molecule has 216 valence electrons. The lowest BCUT2D eigenvalue weighted by Crippen LogP contribution is -2.55. The Balaban J connectivity index is 1.60. The predicted octanol–water partition coefficient (Wildman–Crippen LogP) is 5.71. The molecule has 0 aliphatic carbocycles. The fourth-order valence-electron chi connectivity index (χ4n) is 5.24. The highest BCUT2D eigenvalue weighted by Crippen LogP contribution is 2.46. The van der Waals surface area contributed by atoms with Crippen molar-refractivity contribution in [3.05, 3.63) is 77.6 Å². The molecule has 0 aromatic heterocycles. The molecule has 1 atom stereocenters. The van der Waals surface area contributed by atoms with Gasteiger partial charge < -0.3 is 29.3 Å². The predicted molar refractivity (Wildman–Crippen MR) is 146 cm³/mol. The average Bonchev–Trinajstić information content (AvgIpc) is 2.96. The number of carboxylic acids is 1. The number of benzene rings is 3. The number of aliphatic imine (C=N–C) groups is 1. The molecule has 1 unspecified atom stereocenters. The van der Waals surface area contributed by atoms with Crippen LogP contribution in [0.2, 0.25) is 0 Å². The van der Waals surface area contributed by atoms with Crippen molar-refractivity contribution in [1.82, 2.24) is 4.90 Å². The number of piperazine rings is 1. The third-order valence-corrected chi connectivity index (χ3v) is 7.23. The Morgan fingerprint density at radius 1 is 0.976 bits per heavy atom. The summed E-state index contributed by atoms with van der Waals surface area (Å²) in [6.07, 6.45) is -5.18. The zero-order chi connectivity index (χ0) is 29.3. The number of methoxy groups -OCH3 is 2. The highest BCUT2D eigenvalue weighted by molar-refractivity contribution is 6.02. The number of ether oxygens (including phenoxy) is 2. The molecular weight excluding hydrogens is 544 g/mol. The third kappa shape index (κ3) is 5.59. The highest BCUT2D eigenvalue weighted by Gasteiger charge is 2.40. The number of hydrogen-bond acceptors (Lipinski definition) is 7. The Bertz CT molecular complexity index is 1470. The molecule has 3 aromatic carbocycles. The Kier molecular flexibility index (Phi) is 7.65. The Morgan fingerprint density at radius 3 is 2.34 bits per heavy atom. The number of fused-ring (bicyclic) bond motifs is 1. The number of guanidine groups is 1. The van der Waals surface area contributed by atoms with Gasteiger partial charge in [0.2, 0.25) is 5.96 Å². The van der Waals surface area contributed by atoms with E-state index in [2.05, 4.69) is 9.89 Å². The van der Waals surface area contributed by atoms with Gasteiger partial charge in [-0.2, -0.15) is 13.2 Å². The van der Waals surface area contributed by atoms with Crippen LogP contribution in [0.15, 0.2) is 65.7 Å². The minimum Gasteiger partial charge on any atom is -0.497 e. The van der Waals surface area contributed by atoms with E-state index in [9.17, 15) is 23.1 Å². The molecule has 0 amide bonds. The number of hydrogen-bond donors (Lipinski definition) is 1. The Labute approximate surface area is 234 Å². The third-order valence-electron chi connectivity index (χ3n) is 7.23. The molecule has 0 bridgehead atoms. The number of para-hydroxylation sites is 1. The molecule has 2 aliphatic heterocycles. The second-order valence-electron chi connectivity index (χ2n) is 9.63. The quantitative estimate of drug-likeness (QED) is 0.380. The SMILES string of the molecule is COc1cccc(N2CCN(C3=Nc4c(F)cccc4C(CC(=O)O)N3c3cc(C(F)(F)F)ccc3OC)CC2)c1. The van der Waals surface area contributed by atoms with Crippen molar-refractivity contribution >= 4 is 29.0 Å². The van der Waals surface area contributed by atoms with Gasteiger partial charge in [-0.25, -0.2) is 9.38 Å². The zero-order valence-electron chi connectivity index (χ0n) is 22.4. The summed E-state index contributed by atoms with van der Waals surface area (Å²) in [5, 5.41) is 9.83. The van der Waals surface area contributed by atoms with Crippen LogP contribution in [0.3, 0.4) is 0 Å². The summed E-state index contributed by atoms with van der Waals surface area (Å²) in [6, 6.07) is 13.7. The lowest BCUT2D eigenvalue weighted by Gasteiger charge is -2.45. The number of nitrogens with zero attached hydrogens (tertiary/aromatic N) is 4. The molecule has 8 nitrogen and oxygen atoms in total. The van der Waals surface area contributed by atoms with Crippen molar-refractivity contribution in [2.24, 2.45) is 4.99 Å². The Morgan fingerprint density at radius 2 is 1.68 bits per heavy atom. The van der Waals surface area contributed by atoms with E-state index >= 15 is 4.39 Å². The van der Waals surface area contributed by atoms with Crippen LogP contribution in [-0.4, -0.2) is 62.3 Å². The van der Waals surface area contributed by atoms with Gasteiger partial charge in [-0.3, -0.25) is 4.79 Å². The van der Waals surface area contributed by atoms with Crippen LogP contribution < -0.4 is 19.3 Å². The standard InChI is InChI=1S/C29H28F4N4O4/c1-40-20-6-3-5-19(16-20)35-11-13-36(14-12-35)28-34-27-21(7-4-8-22(27)30)23(17-26(38)39)37(28)24-15-18(29(31,32)33)9-10-25(24)41-2/h3-10,15-16,23H,11-14,17H2,1-2H3,(H,38,39). The van der Waals surface area contributed by atoms with Crippen LogP contribution in [0.4, 0.5) is 34.6 Å². The van der Waals surface area contributed by atoms with E-state index in [1.54, 1.807) is 13.2 Å². The topological polar surface area (TPSA) is 77.8 Å². The zero-order valence-corrected chi connectivity index (χ0v) is 22.4. The van der Waals surface area contributed by atoms with Crippen molar-refractivity contribution in [3.8, 4) is 11.5 Å². The van der Waals surface area contributed by atoms with Crippen molar-refractivity contribution in [3.63, 3.8) is 0 Å². The second kappa shape index (κ2) is 11.2. The van der Waals surface area contributed by atoms with Gasteiger partial charge in [0.25, 0.3) is 0 Å². The molecule has 2 heterocycles. The van der Waals surface area contributed by atoms with Gasteiger partial charge in [0.15, 0.2) is 0 Å². The molecular formula is C29H28F4N4O4. The monoisotopic (exact) mass is 572 g/mol. The summed E-state index contributed by atoms with van der Waals surface area (Å²) in [4.78, 5) is 22.0. The number of alkyl halides is 3. The van der Waals surface area contributed by atoms with Gasteiger partial charge in [-0.05, 0) is 36.4 Å². The van der Waals surface area contributed by atoms with E-state index in [1.165, 1.54) is 30.2 Å². The van der Waals surface area contributed by atoms with E-state index in [4.69, 9.17) is 9.47 Å². The van der Waals surface area contributed by atoms with Crippen LogP contribution >= 0.6 is 0 Å². The molecule has 41 heavy (non-hydrogen) atoms. The molecule has 3 aromatic rings. The van der Waals surface area contributed by atoms with E-state index in [-0.39, 0.29) is 28.6 Å². The molecule has 1 saturated heterocycles. The van der Waals surface area contributed by atoms with Crippen LogP contribution in [0.1, 0.15) is 23.6 Å². The number of carboxylic acid groups (broad SMARTS) is 1. The first-order chi connectivity index (χ1) is 19.6. The fourth-order valence-corrected chi connectivity index (χ4v) is 5.24. The van der Waals surface area contributed by atoms with Gasteiger partial charge in [-0.1, -0.05) is 18.2 Å². The van der Waals surface area contributed by atoms with Crippen LogP contribution in [0.25, 0.3) is 0 Å². The molecule has 0 radical (unpaired) electrons. The van der Waals surface area contributed by atoms with Crippen molar-refractivity contribution in [2.45, 2.75) is 18.6 Å². The summed E-state index contributed by atoms with van der Waals surface area (Å²) >= 11 is 0. The smallest absolute Gasteiger partial charge is 0.416 e. The number of aliphatic carboxylic acids is 1. The maximum atomic E-state index is 15.1. The first-order valence-corrected chi connectivity index (χ1v) is 12.9. The lowest BCUT2D eigenvalue weighted by molar-refractivity contribution is -0.138. The first-order valence-electron chi connectivity index (χ1n) is 12.9. The molecule has 12 heteroatoms. The summed E-state index contributed by atoms with van der Waals surface area (Å²) < 4.78 is 67.3. The van der Waals surface area contributed by atoms with E-state index < -0.39 is 36.0 Å². The van der Waals surface area contributed by atoms with E-state index in [0.29, 0.717) is 31.9 Å².